The third-order valence-corrected chi connectivity index (χ3v) is 5.31. The second-order valence-corrected chi connectivity index (χ2v) is 7.62. The average molecular weight is 383 g/mol. The van der Waals surface area contributed by atoms with Crippen LogP contribution in [0.5, 0.6) is 5.75 Å². The molecular formula is C18H17N5O3S. The van der Waals surface area contributed by atoms with E-state index in [1.807, 2.05) is 41.1 Å². The lowest BCUT2D eigenvalue weighted by molar-refractivity contribution is 0.417. The van der Waals surface area contributed by atoms with Crippen LogP contribution in [0.4, 0.5) is 5.69 Å². The van der Waals surface area contributed by atoms with Gasteiger partial charge >= 0.3 is 0 Å². The maximum Gasteiger partial charge on any atom is 0.281 e. The van der Waals surface area contributed by atoms with Crippen LogP contribution in [0.25, 0.3) is 16.9 Å². The van der Waals surface area contributed by atoms with E-state index >= 15 is 0 Å². The molecule has 3 aromatic heterocycles. The molecule has 27 heavy (non-hydrogen) atoms. The van der Waals surface area contributed by atoms with Crippen molar-refractivity contribution in [3.63, 3.8) is 0 Å². The predicted octanol–water partition coefficient (Wildman–Crippen LogP) is 2.54. The Morgan fingerprint density at radius 2 is 2.00 bits per heavy atom. The van der Waals surface area contributed by atoms with E-state index in [4.69, 9.17) is 4.74 Å². The highest BCUT2D eigenvalue weighted by Gasteiger charge is 2.20. The molecule has 0 aliphatic rings. The molecule has 0 saturated carbocycles. The van der Waals surface area contributed by atoms with Gasteiger partial charge in [0.1, 0.15) is 11.4 Å². The van der Waals surface area contributed by atoms with Crippen LogP contribution in [0.15, 0.2) is 66.3 Å². The van der Waals surface area contributed by atoms with E-state index in [9.17, 15) is 8.42 Å². The lowest BCUT2D eigenvalue weighted by Crippen LogP contribution is -2.14. The molecule has 4 aromatic rings. The molecule has 8 nitrogen and oxygen atoms in total. The SMILES string of the molecule is COc1ccc(-c2cn3ccccc3n2)cc1NS(=O)(=O)c1cn(C)cn1. The first-order valence-electron chi connectivity index (χ1n) is 8.09. The minimum Gasteiger partial charge on any atom is -0.495 e. The lowest BCUT2D eigenvalue weighted by Gasteiger charge is -2.12. The number of aryl methyl sites for hydroxylation is 1. The summed E-state index contributed by atoms with van der Waals surface area (Å²) in [4.78, 5) is 8.47. The van der Waals surface area contributed by atoms with Crippen LogP contribution in [0.3, 0.4) is 0 Å². The minimum atomic E-state index is -3.84. The van der Waals surface area contributed by atoms with E-state index < -0.39 is 10.0 Å². The molecule has 0 unspecified atom stereocenters. The van der Waals surface area contributed by atoms with Crippen LogP contribution in [-0.2, 0) is 17.1 Å². The van der Waals surface area contributed by atoms with E-state index in [-0.39, 0.29) is 5.03 Å². The van der Waals surface area contributed by atoms with E-state index in [0.717, 1.165) is 16.9 Å². The second-order valence-electron chi connectivity index (χ2n) is 5.99. The van der Waals surface area contributed by atoms with Gasteiger partial charge in [-0.1, -0.05) is 6.07 Å². The topological polar surface area (TPSA) is 90.5 Å². The summed E-state index contributed by atoms with van der Waals surface area (Å²) in [6.45, 7) is 0. The average Bonchev–Trinajstić information content (AvgIpc) is 3.28. The van der Waals surface area contributed by atoms with Gasteiger partial charge in [0.15, 0.2) is 5.03 Å². The van der Waals surface area contributed by atoms with Gasteiger partial charge in [0, 0.05) is 31.2 Å². The van der Waals surface area contributed by atoms with Crippen molar-refractivity contribution in [3.05, 3.63) is 61.3 Å². The molecule has 1 aromatic carbocycles. The van der Waals surface area contributed by atoms with Gasteiger partial charge in [0.25, 0.3) is 10.0 Å². The Balaban J connectivity index is 1.75. The van der Waals surface area contributed by atoms with Gasteiger partial charge in [-0.05, 0) is 30.3 Å². The Bertz CT molecular complexity index is 1190. The third kappa shape index (κ3) is 3.24. The maximum atomic E-state index is 12.6. The summed E-state index contributed by atoms with van der Waals surface area (Å²) in [6, 6.07) is 11.0. The van der Waals surface area contributed by atoms with E-state index in [1.54, 1.807) is 23.7 Å². The van der Waals surface area contributed by atoms with Crippen molar-refractivity contribution < 1.29 is 13.2 Å². The highest BCUT2D eigenvalue weighted by Crippen LogP contribution is 2.31. The fourth-order valence-electron chi connectivity index (χ4n) is 2.75. The number of imidazole rings is 2. The van der Waals surface area contributed by atoms with Crippen molar-refractivity contribution in [3.8, 4) is 17.0 Å². The number of methoxy groups -OCH3 is 1. The zero-order valence-corrected chi connectivity index (χ0v) is 15.5. The molecule has 0 bridgehead atoms. The number of nitrogens with zero attached hydrogens (tertiary/aromatic N) is 4. The van der Waals surface area contributed by atoms with Crippen LogP contribution in [0.1, 0.15) is 0 Å². The van der Waals surface area contributed by atoms with Crippen LogP contribution in [0, 0.1) is 0 Å². The van der Waals surface area contributed by atoms with E-state index in [0.29, 0.717) is 11.4 Å². The predicted molar refractivity (Wildman–Crippen MR) is 101 cm³/mol. The Hall–Kier alpha value is -3.33. The molecule has 0 atom stereocenters. The smallest absolute Gasteiger partial charge is 0.281 e. The maximum absolute atomic E-state index is 12.6. The first-order valence-corrected chi connectivity index (χ1v) is 9.57. The zero-order valence-electron chi connectivity index (χ0n) is 14.7. The van der Waals surface area contributed by atoms with Gasteiger partial charge < -0.3 is 13.7 Å². The van der Waals surface area contributed by atoms with Crippen LogP contribution in [-0.4, -0.2) is 34.5 Å². The van der Waals surface area contributed by atoms with Crippen molar-refractivity contribution in [2.24, 2.45) is 7.05 Å². The molecule has 0 amide bonds. The van der Waals surface area contributed by atoms with Gasteiger partial charge in [-0.15, -0.1) is 0 Å². The summed E-state index contributed by atoms with van der Waals surface area (Å²) in [5.74, 6) is 0.405. The summed E-state index contributed by atoms with van der Waals surface area (Å²) in [5.41, 5.74) is 2.61. The summed E-state index contributed by atoms with van der Waals surface area (Å²) < 4.78 is 36.5. The summed E-state index contributed by atoms with van der Waals surface area (Å²) in [6.07, 6.45) is 6.65. The monoisotopic (exact) mass is 383 g/mol. The number of nitrogens with one attached hydrogen (secondary N) is 1. The van der Waals surface area contributed by atoms with Gasteiger partial charge in [0.2, 0.25) is 0 Å². The Morgan fingerprint density at radius 3 is 2.70 bits per heavy atom. The van der Waals surface area contributed by atoms with Crippen molar-refractivity contribution in [1.29, 1.82) is 0 Å². The molecule has 3 heterocycles. The Kier molecular flexibility index (Phi) is 4.08. The first-order chi connectivity index (χ1) is 13.0. The number of rotatable bonds is 5. The molecule has 4 rings (SSSR count). The number of aromatic nitrogens is 4. The molecule has 0 aliphatic carbocycles. The number of sulfonamides is 1. The van der Waals surface area contributed by atoms with Crippen molar-refractivity contribution in [1.82, 2.24) is 18.9 Å². The molecule has 0 fully saturated rings. The van der Waals surface area contributed by atoms with Crippen LogP contribution < -0.4 is 9.46 Å². The number of hydrogen-bond donors (Lipinski definition) is 1. The van der Waals surface area contributed by atoms with Gasteiger partial charge in [0.05, 0.1) is 24.8 Å². The molecule has 0 radical (unpaired) electrons. The number of anilines is 1. The minimum absolute atomic E-state index is 0.0646. The van der Waals surface area contributed by atoms with E-state index in [1.165, 1.54) is 19.6 Å². The van der Waals surface area contributed by atoms with Gasteiger partial charge in [-0.2, -0.15) is 8.42 Å². The van der Waals surface area contributed by atoms with Crippen LogP contribution >= 0.6 is 0 Å². The molecule has 0 aliphatic heterocycles. The first kappa shape index (κ1) is 17.1. The molecule has 138 valence electrons. The van der Waals surface area contributed by atoms with E-state index in [2.05, 4.69) is 14.7 Å². The normalized spacial score (nSPS) is 11.6. The van der Waals surface area contributed by atoms with Crippen molar-refractivity contribution in [2.75, 3.05) is 11.8 Å². The number of pyridine rings is 1. The lowest BCUT2D eigenvalue weighted by atomic mass is 10.1. The quantitative estimate of drug-likeness (QED) is 0.572. The number of hydrogen-bond acceptors (Lipinski definition) is 5. The van der Waals surface area contributed by atoms with Gasteiger partial charge in [-0.25, -0.2) is 9.97 Å². The molecule has 9 heteroatoms. The number of benzene rings is 1. The third-order valence-electron chi connectivity index (χ3n) is 4.06. The molecule has 0 spiro atoms. The van der Waals surface area contributed by atoms with Gasteiger partial charge in [-0.3, -0.25) is 4.72 Å². The van der Waals surface area contributed by atoms with Crippen molar-refractivity contribution >= 4 is 21.4 Å². The fourth-order valence-corrected chi connectivity index (χ4v) is 3.79. The van der Waals surface area contributed by atoms with Crippen LogP contribution in [0.2, 0.25) is 0 Å². The highest BCUT2D eigenvalue weighted by molar-refractivity contribution is 7.92. The Morgan fingerprint density at radius 1 is 1.15 bits per heavy atom. The summed E-state index contributed by atoms with van der Waals surface area (Å²) in [5, 5.41) is -0.0646. The Labute approximate surface area is 156 Å². The number of ether oxygens (including phenoxy) is 1. The largest absolute Gasteiger partial charge is 0.495 e. The second kappa shape index (κ2) is 6.44. The molecular weight excluding hydrogens is 366 g/mol. The molecule has 1 N–H and O–H groups in total. The highest BCUT2D eigenvalue weighted by atomic mass is 32.2. The summed E-state index contributed by atoms with van der Waals surface area (Å²) in [7, 11) is -0.647. The van der Waals surface area contributed by atoms with Crippen molar-refractivity contribution in [2.45, 2.75) is 5.03 Å². The standard InChI is InChI=1S/C18H17N5O3S/c1-22-11-18(19-12-22)27(24,25)21-14-9-13(6-7-16(14)26-2)15-10-23-8-4-3-5-17(23)20-15/h3-12,21H,1-2H3. The fraction of sp³-hybridized carbons (Fsp3) is 0.111. The summed E-state index contributed by atoms with van der Waals surface area (Å²) >= 11 is 0. The molecule has 0 saturated heterocycles. The number of fused-ring (bicyclic) bond motifs is 1. The zero-order chi connectivity index (χ0) is 19.0.